The van der Waals surface area contributed by atoms with Crippen molar-refractivity contribution < 1.29 is 22.4 Å². The van der Waals surface area contributed by atoms with Crippen LogP contribution in [0.3, 0.4) is 0 Å². The van der Waals surface area contributed by atoms with Gasteiger partial charge in [-0.1, -0.05) is 103 Å². The van der Waals surface area contributed by atoms with E-state index in [1.807, 2.05) is 37.3 Å². The molecule has 0 heterocycles. The first kappa shape index (κ1) is 34.0. The Bertz CT molecular complexity index is 1690. The van der Waals surface area contributed by atoms with Crippen LogP contribution in [0.1, 0.15) is 30.9 Å². The zero-order valence-electron chi connectivity index (χ0n) is 24.7. The fourth-order valence-electron chi connectivity index (χ4n) is 4.76. The largest absolute Gasteiger partial charge is 0.354 e. The normalized spacial score (nSPS) is 11.9. The van der Waals surface area contributed by atoms with Gasteiger partial charge in [-0.3, -0.25) is 13.9 Å². The van der Waals surface area contributed by atoms with Gasteiger partial charge in [0.15, 0.2) is 0 Å². The van der Waals surface area contributed by atoms with Gasteiger partial charge in [-0.25, -0.2) is 12.8 Å². The van der Waals surface area contributed by atoms with Crippen molar-refractivity contribution in [3.05, 3.63) is 130 Å². The molecule has 0 aliphatic carbocycles. The maximum absolute atomic E-state index is 14.4. The lowest BCUT2D eigenvalue weighted by Crippen LogP contribution is -2.53. The Labute approximate surface area is 273 Å². The van der Waals surface area contributed by atoms with E-state index in [2.05, 4.69) is 5.32 Å². The van der Waals surface area contributed by atoms with Crippen LogP contribution in [0.2, 0.25) is 10.0 Å². The molecule has 236 valence electrons. The number of amides is 2. The number of carbonyl (C=O) groups excluding carboxylic acids is 2. The van der Waals surface area contributed by atoms with Crippen molar-refractivity contribution in [1.82, 2.24) is 10.2 Å². The van der Waals surface area contributed by atoms with E-state index in [0.717, 1.165) is 22.7 Å². The molecule has 0 fully saturated rings. The van der Waals surface area contributed by atoms with Gasteiger partial charge in [-0.15, -0.1) is 0 Å². The fraction of sp³-hybridized carbons (Fsp3) is 0.235. The van der Waals surface area contributed by atoms with Crippen LogP contribution in [0, 0.1) is 5.82 Å². The van der Waals surface area contributed by atoms with Crippen LogP contribution in [0.25, 0.3) is 0 Å². The van der Waals surface area contributed by atoms with E-state index in [1.165, 1.54) is 59.5 Å². The van der Waals surface area contributed by atoms with Crippen molar-refractivity contribution in [3.63, 3.8) is 0 Å². The maximum Gasteiger partial charge on any atom is 0.264 e. The van der Waals surface area contributed by atoms with Gasteiger partial charge < -0.3 is 10.2 Å². The Hall–Kier alpha value is -3.92. The van der Waals surface area contributed by atoms with E-state index < -0.39 is 34.3 Å². The number of carbonyl (C=O) groups is 2. The average molecular weight is 671 g/mol. The van der Waals surface area contributed by atoms with Gasteiger partial charge in [0, 0.05) is 19.5 Å². The molecule has 0 bridgehead atoms. The summed E-state index contributed by atoms with van der Waals surface area (Å²) in [6, 6.07) is 26.0. The van der Waals surface area contributed by atoms with Crippen molar-refractivity contribution in [2.24, 2.45) is 0 Å². The average Bonchev–Trinajstić information content (AvgIpc) is 3.04. The molecule has 1 unspecified atom stereocenters. The number of halogens is 3. The van der Waals surface area contributed by atoms with Gasteiger partial charge >= 0.3 is 0 Å². The number of nitrogens with zero attached hydrogens (tertiary/aromatic N) is 2. The van der Waals surface area contributed by atoms with Crippen LogP contribution >= 0.6 is 23.2 Å². The van der Waals surface area contributed by atoms with Gasteiger partial charge in [-0.2, -0.15) is 0 Å². The highest BCUT2D eigenvalue weighted by atomic mass is 35.5. The summed E-state index contributed by atoms with van der Waals surface area (Å²) in [7, 11) is -4.33. The highest BCUT2D eigenvalue weighted by Crippen LogP contribution is 2.35. The second-order valence-corrected chi connectivity index (χ2v) is 13.0. The maximum atomic E-state index is 14.4. The van der Waals surface area contributed by atoms with E-state index >= 15 is 0 Å². The van der Waals surface area contributed by atoms with Crippen molar-refractivity contribution in [1.29, 1.82) is 0 Å². The number of unbranched alkanes of at least 4 members (excludes halogenated alkanes) is 1. The van der Waals surface area contributed by atoms with Crippen molar-refractivity contribution >= 4 is 50.7 Å². The second-order valence-electron chi connectivity index (χ2n) is 10.4. The summed E-state index contributed by atoms with van der Waals surface area (Å²) in [5.41, 5.74) is 1.37. The lowest BCUT2D eigenvalue weighted by Gasteiger charge is -2.34. The second kappa shape index (κ2) is 15.9. The summed E-state index contributed by atoms with van der Waals surface area (Å²) in [6.45, 7) is 1.64. The third-order valence-electron chi connectivity index (χ3n) is 7.18. The monoisotopic (exact) mass is 669 g/mol. The molecule has 0 aliphatic rings. The highest BCUT2D eigenvalue weighted by molar-refractivity contribution is 7.92. The van der Waals surface area contributed by atoms with Gasteiger partial charge in [-0.05, 0) is 53.9 Å². The molecule has 45 heavy (non-hydrogen) atoms. The minimum absolute atomic E-state index is 0.00936. The lowest BCUT2D eigenvalue weighted by molar-refractivity contribution is -0.140. The van der Waals surface area contributed by atoms with Gasteiger partial charge in [0.2, 0.25) is 11.8 Å². The molecule has 1 atom stereocenters. The molecule has 0 saturated heterocycles. The quantitative estimate of drug-likeness (QED) is 0.148. The molecule has 0 aromatic heterocycles. The van der Waals surface area contributed by atoms with Crippen molar-refractivity contribution in [2.75, 3.05) is 17.4 Å². The number of sulfonamides is 1. The number of rotatable bonds is 14. The summed E-state index contributed by atoms with van der Waals surface area (Å²) in [4.78, 5) is 29.5. The first-order valence-electron chi connectivity index (χ1n) is 14.5. The molecule has 11 heteroatoms. The number of anilines is 1. The fourth-order valence-corrected chi connectivity index (χ4v) is 6.66. The molecule has 4 rings (SSSR count). The van der Waals surface area contributed by atoms with Crippen LogP contribution in [-0.2, 0) is 32.6 Å². The third-order valence-corrected chi connectivity index (χ3v) is 9.76. The lowest BCUT2D eigenvalue weighted by atomic mass is 10.0. The minimum atomic E-state index is -4.33. The first-order chi connectivity index (χ1) is 21.6. The van der Waals surface area contributed by atoms with Crippen molar-refractivity contribution in [2.45, 2.75) is 43.7 Å². The van der Waals surface area contributed by atoms with Gasteiger partial charge in [0.25, 0.3) is 10.0 Å². The SMILES string of the molecule is CCCCNC(=O)C(Cc1ccccc1)N(Cc1ccc(F)cc1)C(=O)CN(c1cccc(Cl)c1Cl)S(=O)(=O)c1ccccc1. The van der Waals surface area contributed by atoms with Crippen LogP contribution in [0.15, 0.2) is 108 Å². The van der Waals surface area contributed by atoms with Crippen molar-refractivity contribution in [3.8, 4) is 0 Å². The Balaban J connectivity index is 1.81. The molecule has 1 N–H and O–H groups in total. The summed E-state index contributed by atoms with van der Waals surface area (Å²) in [6.07, 6.45) is 1.76. The van der Waals surface area contributed by atoms with Crippen LogP contribution in [0.5, 0.6) is 0 Å². The Morgan fingerprint density at radius 2 is 1.49 bits per heavy atom. The van der Waals surface area contributed by atoms with Gasteiger partial charge in [0.05, 0.1) is 20.6 Å². The first-order valence-corrected chi connectivity index (χ1v) is 16.7. The summed E-state index contributed by atoms with van der Waals surface area (Å²) in [5.74, 6) is -1.51. The van der Waals surface area contributed by atoms with E-state index in [4.69, 9.17) is 23.2 Å². The topological polar surface area (TPSA) is 86.8 Å². The third kappa shape index (κ3) is 8.84. The Morgan fingerprint density at radius 1 is 0.844 bits per heavy atom. The zero-order valence-corrected chi connectivity index (χ0v) is 27.0. The smallest absolute Gasteiger partial charge is 0.264 e. The molecule has 4 aromatic rings. The van der Waals surface area contributed by atoms with Gasteiger partial charge in [0.1, 0.15) is 18.4 Å². The molecule has 7 nitrogen and oxygen atoms in total. The molecule has 2 amide bonds. The molecule has 0 spiro atoms. The molecule has 4 aromatic carbocycles. The number of hydrogen-bond acceptors (Lipinski definition) is 4. The summed E-state index contributed by atoms with van der Waals surface area (Å²) >= 11 is 12.8. The standard InChI is InChI=1S/C34H34Cl2FN3O4S/c1-2-3-21-38-34(42)31(22-25-11-6-4-7-12-25)39(23-26-17-19-27(37)20-18-26)32(41)24-40(30-16-10-15-29(35)33(30)36)45(43,44)28-13-8-5-9-14-28/h4-20,31H,2-3,21-24H2,1H3,(H,38,42). The Kier molecular flexibility index (Phi) is 12.0. The van der Waals surface area contributed by atoms with Crippen LogP contribution < -0.4 is 9.62 Å². The molecule has 0 aliphatic heterocycles. The number of hydrogen-bond donors (Lipinski definition) is 1. The highest BCUT2D eigenvalue weighted by Gasteiger charge is 2.35. The van der Waals surface area contributed by atoms with E-state index in [-0.39, 0.29) is 39.5 Å². The summed E-state index contributed by atoms with van der Waals surface area (Å²) in [5, 5.41) is 2.99. The predicted molar refractivity (Wildman–Crippen MR) is 176 cm³/mol. The zero-order chi connectivity index (χ0) is 32.4. The van der Waals surface area contributed by atoms with E-state index in [0.29, 0.717) is 12.1 Å². The number of benzene rings is 4. The molecule has 0 saturated carbocycles. The summed E-state index contributed by atoms with van der Waals surface area (Å²) < 4.78 is 42.8. The molecular weight excluding hydrogens is 636 g/mol. The molecule has 0 radical (unpaired) electrons. The van der Waals surface area contributed by atoms with E-state index in [1.54, 1.807) is 18.2 Å². The minimum Gasteiger partial charge on any atom is -0.354 e. The molecular formula is C34H34Cl2FN3O4S. The Morgan fingerprint density at radius 3 is 2.13 bits per heavy atom. The van der Waals surface area contributed by atoms with E-state index in [9.17, 15) is 22.4 Å². The number of nitrogens with one attached hydrogen (secondary N) is 1. The predicted octanol–water partition coefficient (Wildman–Crippen LogP) is 6.88. The van der Waals surface area contributed by atoms with Crippen LogP contribution in [0.4, 0.5) is 10.1 Å². The van der Waals surface area contributed by atoms with Crippen LogP contribution in [-0.4, -0.2) is 44.3 Å².